The van der Waals surface area contributed by atoms with Gasteiger partial charge in [-0.15, -0.1) is 24.8 Å². The third-order valence-electron chi connectivity index (χ3n) is 5.75. The van der Waals surface area contributed by atoms with Crippen molar-refractivity contribution < 1.29 is 20.1 Å². The van der Waals surface area contributed by atoms with Gasteiger partial charge >= 0.3 is 173 Å². The molecule has 2 aromatic carbocycles. The fourth-order valence-electron chi connectivity index (χ4n) is 5.60. The Hall–Kier alpha value is 0.0481. The van der Waals surface area contributed by atoms with Crippen LogP contribution in [0.3, 0.4) is 0 Å². The fraction of sp³-hybridized carbons (Fsp3) is 0.455. The van der Waals surface area contributed by atoms with Gasteiger partial charge in [0, 0.05) is 0 Å². The first-order valence-corrected chi connectivity index (χ1v) is 22.1. The second kappa shape index (κ2) is 8.12. The molecule has 1 aliphatic carbocycles. The number of halogens is 2. The Balaban J connectivity index is 0.00000225. The molecule has 0 heterocycles. The van der Waals surface area contributed by atoms with Gasteiger partial charge in [-0.2, -0.15) is 0 Å². The molecule has 3 nitrogen and oxygen atoms in total. The van der Waals surface area contributed by atoms with Crippen LogP contribution in [0.5, 0.6) is 0 Å². The predicted molar refractivity (Wildman–Crippen MR) is 137 cm³/mol. The SMILES string of the molecule is C[O][Ti]([CH3])(=[SiH2])([NH]C(C)(C)C)([O][Si](C)(C)C)[CH]1c2ccccc2-c2ccccc21.Cl.Cl. The molecule has 0 radical (unpaired) electrons. The van der Waals surface area contributed by atoms with Crippen LogP contribution in [0.4, 0.5) is 0 Å². The van der Waals surface area contributed by atoms with Crippen molar-refractivity contribution in [3.05, 3.63) is 59.7 Å². The third kappa shape index (κ3) is 4.85. The van der Waals surface area contributed by atoms with Crippen LogP contribution in [0, 0.1) is 0 Å². The molecular formula is C22H38Cl2NO2Si2Ti. The summed E-state index contributed by atoms with van der Waals surface area (Å²) in [5, 5.41) is 2.31. The largest absolute Gasteiger partial charge is 0.147 e. The minimum atomic E-state index is -4.83. The Morgan fingerprint density at radius 3 is 1.63 bits per heavy atom. The van der Waals surface area contributed by atoms with E-state index in [0.29, 0.717) is 0 Å². The number of rotatable bonds is 5. The molecule has 1 aliphatic rings. The summed E-state index contributed by atoms with van der Waals surface area (Å²) >= 11 is -4.83. The van der Waals surface area contributed by atoms with E-state index in [2.05, 4.69) is 98.0 Å². The molecule has 169 valence electrons. The Bertz CT molecular complexity index is 963. The summed E-state index contributed by atoms with van der Waals surface area (Å²) in [5.41, 5.74) is 5.10. The second-order valence-corrected chi connectivity index (χ2v) is 35.0. The number of nitrogens with one attached hydrogen (secondary N) is 1. The molecule has 2 aromatic rings. The summed E-state index contributed by atoms with van der Waals surface area (Å²) in [6.07, 6.45) is 0. The molecule has 8 heteroatoms. The molecule has 0 bridgehead atoms. The fourth-order valence-corrected chi connectivity index (χ4v) is 35.6. The smallest absolute Gasteiger partial charge is 0.147 e. The Labute approximate surface area is 197 Å². The molecule has 0 amide bonds. The zero-order valence-corrected chi connectivity index (χ0v) is 25.1. The molecule has 0 saturated carbocycles. The van der Waals surface area contributed by atoms with Gasteiger partial charge in [-0.3, -0.25) is 0 Å². The van der Waals surface area contributed by atoms with Crippen LogP contribution in [0.15, 0.2) is 48.5 Å². The number of hydrogen-bond donors (Lipinski definition) is 1. The molecule has 0 spiro atoms. The first-order valence-electron chi connectivity index (χ1n) is 10.1. The quantitative estimate of drug-likeness (QED) is 0.484. The molecule has 1 N–H and O–H groups in total. The summed E-state index contributed by atoms with van der Waals surface area (Å²) in [5.74, 6) is 0. The number of fused-ring (bicyclic) bond motifs is 3. The van der Waals surface area contributed by atoms with E-state index in [4.69, 9.17) is 6.33 Å². The zero-order chi connectivity index (χ0) is 21.1. The van der Waals surface area contributed by atoms with Crippen LogP contribution in [-0.2, 0) is 20.1 Å². The van der Waals surface area contributed by atoms with Crippen molar-refractivity contribution in [2.75, 3.05) is 7.11 Å². The Morgan fingerprint density at radius 1 is 0.900 bits per heavy atom. The van der Waals surface area contributed by atoms with E-state index in [1.807, 2.05) is 14.7 Å². The Kier molecular flexibility index (Phi) is 7.60. The maximum atomic E-state index is 7.33. The van der Waals surface area contributed by atoms with E-state index in [-0.39, 0.29) is 34.6 Å². The van der Waals surface area contributed by atoms with Crippen molar-refractivity contribution >= 4 is 40.8 Å². The average Bonchev–Trinajstić information content (AvgIpc) is 2.87. The van der Waals surface area contributed by atoms with Gasteiger partial charge in [-0.05, 0) is 0 Å². The number of benzene rings is 2. The van der Waals surface area contributed by atoms with Gasteiger partial charge in [-0.1, -0.05) is 0 Å². The van der Waals surface area contributed by atoms with E-state index in [0.717, 1.165) is 0 Å². The molecule has 3 rings (SSSR count). The van der Waals surface area contributed by atoms with Crippen LogP contribution >= 0.6 is 24.8 Å². The molecule has 0 aliphatic heterocycles. The molecule has 0 atom stereocenters. The molecule has 0 fully saturated rings. The summed E-state index contributed by atoms with van der Waals surface area (Å²) in [6, 6.07) is 17.5. The first-order chi connectivity index (χ1) is 12.6. The molecule has 0 saturated heterocycles. The predicted octanol–water partition coefficient (Wildman–Crippen LogP) is 6.05. The summed E-state index contributed by atoms with van der Waals surface area (Å²) < 4.78 is 18.2. The molecule has 0 unspecified atom stereocenters. The third-order valence-corrected chi connectivity index (χ3v) is 26.4. The van der Waals surface area contributed by atoms with Crippen LogP contribution in [0.1, 0.15) is 36.1 Å². The summed E-state index contributed by atoms with van der Waals surface area (Å²) in [4.78, 5) is 0. The zero-order valence-electron chi connectivity index (χ0n) is 19.5. The standard InChI is InChI=1S/C13H9.C4H10N.C3H9OSi.CH3O.CH3.2ClH.H2Si.Ti/c1-3-7-12-10(5-1)9-11-6-2-4-8-13(11)12;1-4(2,3)5;1-5(2,3)4;1-2;;;;;/h1-9H;5H,1-3H3;1-3H3;1H3;1H3;2*1H;1H2;/q;3*-1;;;;;+3. The van der Waals surface area contributed by atoms with Crippen molar-refractivity contribution in [2.45, 2.75) is 55.4 Å². The topological polar surface area (TPSA) is 30.5 Å². The second-order valence-electron chi connectivity index (χ2n) is 11.0. The minimum Gasteiger partial charge on any atom is -0.147 e. The van der Waals surface area contributed by atoms with Crippen molar-refractivity contribution in [1.29, 1.82) is 0 Å². The number of hydrogen-bond acceptors (Lipinski definition) is 3. The van der Waals surface area contributed by atoms with Crippen LogP contribution in [0.25, 0.3) is 11.1 Å². The summed E-state index contributed by atoms with van der Waals surface area (Å²) in [6.45, 7) is 13.5. The van der Waals surface area contributed by atoms with Crippen molar-refractivity contribution in [1.82, 2.24) is 3.80 Å². The average molecular weight is 523 g/mol. The Morgan fingerprint density at radius 2 is 1.30 bits per heavy atom. The van der Waals surface area contributed by atoms with E-state index in [1.54, 1.807) is 0 Å². The van der Waals surface area contributed by atoms with E-state index in [1.165, 1.54) is 22.3 Å². The first kappa shape index (κ1) is 28.1. The maximum Gasteiger partial charge on any atom is -0.147 e. The van der Waals surface area contributed by atoms with E-state index in [9.17, 15) is 0 Å². The van der Waals surface area contributed by atoms with E-state index < -0.39 is 22.1 Å². The van der Waals surface area contributed by atoms with Crippen molar-refractivity contribution in [3.8, 4) is 11.1 Å². The van der Waals surface area contributed by atoms with Gasteiger partial charge in [0.25, 0.3) is 0 Å². The van der Waals surface area contributed by atoms with Gasteiger partial charge in [0.05, 0.1) is 0 Å². The van der Waals surface area contributed by atoms with Crippen LogP contribution < -0.4 is 3.80 Å². The minimum absolute atomic E-state index is 0. The van der Waals surface area contributed by atoms with Crippen molar-refractivity contribution in [2.24, 2.45) is 0 Å². The van der Waals surface area contributed by atoms with Gasteiger partial charge in [-0.25, -0.2) is 0 Å². The summed E-state index contributed by atoms with van der Waals surface area (Å²) in [7, 11) is 1.90. The maximum absolute atomic E-state index is 7.33. The van der Waals surface area contributed by atoms with Gasteiger partial charge in [0.15, 0.2) is 0 Å². The van der Waals surface area contributed by atoms with E-state index >= 15 is 0 Å². The van der Waals surface area contributed by atoms with Crippen LogP contribution in [0.2, 0.25) is 24.9 Å². The molecular weight excluding hydrogens is 485 g/mol. The molecule has 30 heavy (non-hydrogen) atoms. The van der Waals surface area contributed by atoms with Gasteiger partial charge in [0.1, 0.15) is 0 Å². The van der Waals surface area contributed by atoms with Crippen LogP contribution in [-0.4, -0.2) is 28.6 Å². The van der Waals surface area contributed by atoms with Gasteiger partial charge < -0.3 is 0 Å². The van der Waals surface area contributed by atoms with Crippen molar-refractivity contribution in [3.63, 3.8) is 0 Å². The monoisotopic (exact) mass is 522 g/mol. The van der Waals surface area contributed by atoms with Gasteiger partial charge in [0.2, 0.25) is 0 Å². The molecule has 0 aromatic heterocycles. The normalized spacial score (nSPS) is 16.4.